The van der Waals surface area contributed by atoms with Crippen LogP contribution in [0.1, 0.15) is 25.5 Å². The Morgan fingerprint density at radius 2 is 2.19 bits per heavy atom. The molecule has 1 atom stereocenters. The summed E-state index contributed by atoms with van der Waals surface area (Å²) in [5.41, 5.74) is 0.479. The molecule has 1 rings (SSSR count). The summed E-state index contributed by atoms with van der Waals surface area (Å²) in [5.74, 6) is -0.552. The molecule has 0 aromatic heterocycles. The molecule has 0 aliphatic rings. The molecule has 0 aliphatic heterocycles. The van der Waals surface area contributed by atoms with Gasteiger partial charge in [0.05, 0.1) is 6.04 Å². The van der Waals surface area contributed by atoms with Crippen molar-refractivity contribution in [1.82, 2.24) is 5.32 Å². The van der Waals surface area contributed by atoms with Crippen LogP contribution in [-0.2, 0) is 9.53 Å². The third kappa shape index (κ3) is 3.62. The highest BCUT2D eigenvalue weighted by atomic mass is 19.1. The van der Waals surface area contributed by atoms with Gasteiger partial charge in [0.1, 0.15) is 12.4 Å². The molecule has 1 aromatic rings. The van der Waals surface area contributed by atoms with Crippen molar-refractivity contribution in [3.05, 3.63) is 35.6 Å². The first-order valence-electron chi connectivity index (χ1n) is 5.26. The quantitative estimate of drug-likeness (QED) is 0.832. The molecule has 1 amide bonds. The highest BCUT2D eigenvalue weighted by Crippen LogP contribution is 2.15. The minimum absolute atomic E-state index is 0.00922. The van der Waals surface area contributed by atoms with Crippen molar-refractivity contribution in [2.75, 3.05) is 13.2 Å². The zero-order valence-electron chi connectivity index (χ0n) is 9.50. The van der Waals surface area contributed by atoms with Crippen LogP contribution >= 0.6 is 0 Å². The van der Waals surface area contributed by atoms with Gasteiger partial charge in [-0.3, -0.25) is 4.79 Å². The van der Waals surface area contributed by atoms with Crippen LogP contribution in [0.5, 0.6) is 0 Å². The van der Waals surface area contributed by atoms with Gasteiger partial charge in [-0.25, -0.2) is 4.39 Å². The van der Waals surface area contributed by atoms with Gasteiger partial charge < -0.3 is 10.1 Å². The standard InChI is InChI=1S/C12H16FNO2/c1-3-16-8-12(15)14-9(2)10-6-4-5-7-11(10)13/h4-7,9H,3,8H2,1-2H3,(H,14,15)/t9-/m1/s1. The predicted octanol–water partition coefficient (Wildman–Crippen LogP) is 2.04. The first kappa shape index (κ1) is 12.6. The van der Waals surface area contributed by atoms with Gasteiger partial charge in [-0.2, -0.15) is 0 Å². The van der Waals surface area contributed by atoms with Crippen molar-refractivity contribution >= 4 is 5.91 Å². The number of carbonyl (C=O) groups is 1. The number of halogens is 1. The van der Waals surface area contributed by atoms with E-state index in [2.05, 4.69) is 5.32 Å². The fourth-order valence-corrected chi connectivity index (χ4v) is 1.38. The van der Waals surface area contributed by atoms with Gasteiger partial charge >= 0.3 is 0 Å². The van der Waals surface area contributed by atoms with Crippen LogP contribution in [-0.4, -0.2) is 19.1 Å². The van der Waals surface area contributed by atoms with Crippen molar-refractivity contribution in [2.24, 2.45) is 0 Å². The maximum atomic E-state index is 13.4. The number of hydrogen-bond donors (Lipinski definition) is 1. The molecule has 0 aliphatic carbocycles. The molecule has 0 fully saturated rings. The summed E-state index contributed by atoms with van der Waals surface area (Å²) in [5, 5.41) is 2.67. The third-order valence-corrected chi connectivity index (χ3v) is 2.19. The molecule has 16 heavy (non-hydrogen) atoms. The van der Waals surface area contributed by atoms with E-state index in [0.29, 0.717) is 12.2 Å². The number of hydrogen-bond acceptors (Lipinski definition) is 2. The number of ether oxygens (including phenoxy) is 1. The van der Waals surface area contributed by atoms with Crippen LogP contribution in [0.3, 0.4) is 0 Å². The molecule has 0 spiro atoms. The Morgan fingerprint density at radius 3 is 2.81 bits per heavy atom. The molecule has 0 saturated carbocycles. The summed E-state index contributed by atoms with van der Waals surface area (Å²) >= 11 is 0. The van der Waals surface area contributed by atoms with Gasteiger partial charge in [0.25, 0.3) is 0 Å². The lowest BCUT2D eigenvalue weighted by molar-refractivity contribution is -0.126. The minimum Gasteiger partial charge on any atom is -0.372 e. The average molecular weight is 225 g/mol. The smallest absolute Gasteiger partial charge is 0.246 e. The fraction of sp³-hybridized carbons (Fsp3) is 0.417. The molecule has 0 radical (unpaired) electrons. The number of benzene rings is 1. The molecular weight excluding hydrogens is 209 g/mol. The van der Waals surface area contributed by atoms with Gasteiger partial charge in [0.2, 0.25) is 5.91 Å². The Kier molecular flexibility index (Phi) is 4.92. The molecule has 0 saturated heterocycles. The lowest BCUT2D eigenvalue weighted by Crippen LogP contribution is -2.30. The molecule has 0 bridgehead atoms. The average Bonchev–Trinajstić information content (AvgIpc) is 2.26. The molecule has 0 heterocycles. The summed E-state index contributed by atoms with van der Waals surface area (Å²) in [4.78, 5) is 11.3. The summed E-state index contributed by atoms with van der Waals surface area (Å²) < 4.78 is 18.3. The van der Waals surface area contributed by atoms with Gasteiger partial charge in [0, 0.05) is 12.2 Å². The Bertz CT molecular complexity index is 355. The number of amides is 1. The molecule has 0 unspecified atom stereocenters. The lowest BCUT2D eigenvalue weighted by Gasteiger charge is -2.14. The zero-order valence-corrected chi connectivity index (χ0v) is 9.50. The first-order chi connectivity index (χ1) is 7.65. The van der Waals surface area contributed by atoms with E-state index in [4.69, 9.17) is 4.74 Å². The van der Waals surface area contributed by atoms with E-state index in [-0.39, 0.29) is 24.4 Å². The van der Waals surface area contributed by atoms with Gasteiger partial charge in [-0.05, 0) is 19.9 Å². The molecule has 4 heteroatoms. The van der Waals surface area contributed by atoms with E-state index in [1.807, 2.05) is 6.92 Å². The second-order valence-electron chi connectivity index (χ2n) is 3.45. The van der Waals surface area contributed by atoms with Gasteiger partial charge in [-0.15, -0.1) is 0 Å². The Labute approximate surface area is 94.6 Å². The van der Waals surface area contributed by atoms with Gasteiger partial charge in [0.15, 0.2) is 0 Å². The summed E-state index contributed by atoms with van der Waals surface area (Å²) in [6, 6.07) is 6.03. The maximum Gasteiger partial charge on any atom is 0.246 e. The zero-order chi connectivity index (χ0) is 12.0. The van der Waals surface area contributed by atoms with Crippen LogP contribution in [0.25, 0.3) is 0 Å². The second kappa shape index (κ2) is 6.23. The summed E-state index contributed by atoms with van der Waals surface area (Å²) in [6.45, 7) is 4.05. The van der Waals surface area contributed by atoms with E-state index < -0.39 is 0 Å². The second-order valence-corrected chi connectivity index (χ2v) is 3.45. The monoisotopic (exact) mass is 225 g/mol. The number of carbonyl (C=O) groups excluding carboxylic acids is 1. The highest BCUT2D eigenvalue weighted by Gasteiger charge is 2.12. The van der Waals surface area contributed by atoms with Crippen LogP contribution < -0.4 is 5.32 Å². The van der Waals surface area contributed by atoms with Crippen molar-refractivity contribution in [2.45, 2.75) is 19.9 Å². The van der Waals surface area contributed by atoms with Crippen molar-refractivity contribution in [1.29, 1.82) is 0 Å². The number of rotatable bonds is 5. The fourth-order valence-electron chi connectivity index (χ4n) is 1.38. The third-order valence-electron chi connectivity index (χ3n) is 2.19. The highest BCUT2D eigenvalue weighted by molar-refractivity contribution is 5.77. The first-order valence-corrected chi connectivity index (χ1v) is 5.26. The van der Waals surface area contributed by atoms with Crippen molar-refractivity contribution in [3.63, 3.8) is 0 Å². The molecule has 1 N–H and O–H groups in total. The molecule has 1 aromatic carbocycles. The number of nitrogens with one attached hydrogen (secondary N) is 1. The van der Waals surface area contributed by atoms with Crippen LogP contribution in [0.2, 0.25) is 0 Å². The van der Waals surface area contributed by atoms with E-state index in [1.54, 1.807) is 25.1 Å². The van der Waals surface area contributed by atoms with E-state index in [1.165, 1.54) is 6.07 Å². The van der Waals surface area contributed by atoms with Crippen molar-refractivity contribution < 1.29 is 13.9 Å². The van der Waals surface area contributed by atoms with Crippen molar-refractivity contribution in [3.8, 4) is 0 Å². The van der Waals surface area contributed by atoms with Crippen LogP contribution in [0.4, 0.5) is 4.39 Å². The predicted molar refractivity (Wildman–Crippen MR) is 59.5 cm³/mol. The van der Waals surface area contributed by atoms with E-state index in [9.17, 15) is 9.18 Å². The van der Waals surface area contributed by atoms with Crippen LogP contribution in [0.15, 0.2) is 24.3 Å². The molecule has 88 valence electrons. The Hall–Kier alpha value is -1.42. The van der Waals surface area contributed by atoms with E-state index >= 15 is 0 Å². The topological polar surface area (TPSA) is 38.3 Å². The molecule has 3 nitrogen and oxygen atoms in total. The van der Waals surface area contributed by atoms with E-state index in [0.717, 1.165) is 0 Å². The lowest BCUT2D eigenvalue weighted by atomic mass is 10.1. The maximum absolute atomic E-state index is 13.4. The van der Waals surface area contributed by atoms with Gasteiger partial charge in [-0.1, -0.05) is 18.2 Å². The summed E-state index contributed by atoms with van der Waals surface area (Å²) in [6.07, 6.45) is 0. The Balaban J connectivity index is 2.55. The molecular formula is C12H16FNO2. The normalized spacial score (nSPS) is 12.2. The van der Waals surface area contributed by atoms with Crippen LogP contribution in [0, 0.1) is 5.82 Å². The minimum atomic E-state index is -0.353. The SMILES string of the molecule is CCOCC(=O)N[C@H](C)c1ccccc1F. The largest absolute Gasteiger partial charge is 0.372 e. The summed E-state index contributed by atoms with van der Waals surface area (Å²) in [7, 11) is 0. The Morgan fingerprint density at radius 1 is 1.50 bits per heavy atom.